The first kappa shape index (κ1) is 14.2. The number of nitrogens with two attached hydrogens (primary N) is 1. The van der Waals surface area contributed by atoms with Crippen LogP contribution >= 0.6 is 15.9 Å². The molecule has 0 aromatic heterocycles. The van der Waals surface area contributed by atoms with Crippen LogP contribution in [0.1, 0.15) is 5.56 Å². The van der Waals surface area contributed by atoms with E-state index in [1.165, 1.54) is 6.26 Å². The monoisotopic (exact) mass is 339 g/mol. The molecule has 2 N–H and O–H groups in total. The molecule has 0 amide bonds. The first-order valence-corrected chi connectivity index (χ1v) is 8.39. The lowest BCUT2D eigenvalue weighted by molar-refractivity contribution is 0.602. The van der Waals surface area contributed by atoms with Gasteiger partial charge in [-0.1, -0.05) is 40.2 Å². The van der Waals surface area contributed by atoms with Gasteiger partial charge in [-0.05, 0) is 34.9 Å². The van der Waals surface area contributed by atoms with Crippen LogP contribution in [-0.2, 0) is 16.4 Å². The highest BCUT2D eigenvalue weighted by molar-refractivity contribution is 9.10. The smallest absolute Gasteiger partial charge is 0.175 e. The van der Waals surface area contributed by atoms with Crippen LogP contribution in [0, 0.1) is 0 Å². The van der Waals surface area contributed by atoms with Gasteiger partial charge in [0.15, 0.2) is 9.84 Å². The van der Waals surface area contributed by atoms with E-state index in [4.69, 9.17) is 5.73 Å². The van der Waals surface area contributed by atoms with Crippen molar-refractivity contribution in [3.63, 3.8) is 0 Å². The lowest BCUT2D eigenvalue weighted by Crippen LogP contribution is -1.97. The second-order valence-electron chi connectivity index (χ2n) is 4.31. The van der Waals surface area contributed by atoms with Crippen LogP contribution in [0.25, 0.3) is 11.1 Å². The van der Waals surface area contributed by atoms with Gasteiger partial charge in [0, 0.05) is 17.3 Å². The highest BCUT2D eigenvalue weighted by Gasteiger charge is 2.07. The Labute approximate surface area is 121 Å². The molecule has 0 unspecified atom stereocenters. The maximum Gasteiger partial charge on any atom is 0.175 e. The van der Waals surface area contributed by atoms with Crippen LogP contribution in [-0.4, -0.2) is 14.7 Å². The van der Waals surface area contributed by atoms with Gasteiger partial charge in [-0.15, -0.1) is 0 Å². The van der Waals surface area contributed by atoms with Crippen LogP contribution in [0.3, 0.4) is 0 Å². The summed E-state index contributed by atoms with van der Waals surface area (Å²) in [6.45, 7) is 0.480. The quantitative estimate of drug-likeness (QED) is 0.934. The number of sulfone groups is 1. The molecule has 19 heavy (non-hydrogen) atoms. The molecule has 3 nitrogen and oxygen atoms in total. The van der Waals surface area contributed by atoms with Crippen molar-refractivity contribution in [3.8, 4) is 11.1 Å². The normalized spacial score (nSPS) is 11.5. The fourth-order valence-corrected chi connectivity index (χ4v) is 2.96. The average molecular weight is 340 g/mol. The van der Waals surface area contributed by atoms with Crippen molar-refractivity contribution in [2.45, 2.75) is 11.4 Å². The Morgan fingerprint density at radius 3 is 2.11 bits per heavy atom. The van der Waals surface area contributed by atoms with E-state index in [1.807, 2.05) is 18.2 Å². The Hall–Kier alpha value is -1.17. The molecule has 0 radical (unpaired) electrons. The van der Waals surface area contributed by atoms with E-state index in [0.29, 0.717) is 11.4 Å². The van der Waals surface area contributed by atoms with E-state index < -0.39 is 9.84 Å². The van der Waals surface area contributed by atoms with Gasteiger partial charge in [0.05, 0.1) is 4.90 Å². The summed E-state index contributed by atoms with van der Waals surface area (Å²) in [6, 6.07) is 12.8. The maximum atomic E-state index is 11.4. The zero-order valence-corrected chi connectivity index (χ0v) is 12.8. The number of hydrogen-bond donors (Lipinski definition) is 1. The lowest BCUT2D eigenvalue weighted by atomic mass is 10.0. The van der Waals surface area contributed by atoms with Crippen molar-refractivity contribution in [2.24, 2.45) is 5.73 Å². The van der Waals surface area contributed by atoms with Crippen LogP contribution in [0.2, 0.25) is 0 Å². The van der Waals surface area contributed by atoms with Gasteiger partial charge in [0.25, 0.3) is 0 Å². The minimum Gasteiger partial charge on any atom is -0.326 e. The third-order valence-electron chi connectivity index (χ3n) is 2.89. The maximum absolute atomic E-state index is 11.4. The van der Waals surface area contributed by atoms with Crippen molar-refractivity contribution in [3.05, 3.63) is 52.5 Å². The molecular weight excluding hydrogens is 326 g/mol. The third kappa shape index (κ3) is 3.23. The first-order chi connectivity index (χ1) is 8.91. The van der Waals surface area contributed by atoms with Crippen molar-refractivity contribution < 1.29 is 8.42 Å². The molecule has 0 spiro atoms. The average Bonchev–Trinajstić information content (AvgIpc) is 2.38. The summed E-state index contributed by atoms with van der Waals surface area (Å²) < 4.78 is 23.8. The standard InChI is InChI=1S/C14H14BrNO2S/c1-19(17,18)13-6-4-10(5-7-13)11-2-3-12(9-16)14(15)8-11/h2-8H,9,16H2,1H3. The zero-order valence-electron chi connectivity index (χ0n) is 10.4. The van der Waals surface area contributed by atoms with E-state index in [-0.39, 0.29) is 0 Å². The predicted molar refractivity (Wildman–Crippen MR) is 80.6 cm³/mol. The van der Waals surface area contributed by atoms with Gasteiger partial charge in [-0.25, -0.2) is 8.42 Å². The number of rotatable bonds is 3. The molecule has 2 aromatic carbocycles. The van der Waals surface area contributed by atoms with E-state index >= 15 is 0 Å². The van der Waals surface area contributed by atoms with E-state index in [0.717, 1.165) is 21.2 Å². The number of hydrogen-bond acceptors (Lipinski definition) is 3. The van der Waals surface area contributed by atoms with E-state index in [1.54, 1.807) is 24.3 Å². The Balaban J connectivity index is 2.40. The molecule has 0 saturated heterocycles. The van der Waals surface area contributed by atoms with Crippen molar-refractivity contribution in [1.29, 1.82) is 0 Å². The van der Waals surface area contributed by atoms with Crippen molar-refractivity contribution in [1.82, 2.24) is 0 Å². The summed E-state index contributed by atoms with van der Waals surface area (Å²) in [5.41, 5.74) is 8.64. The molecule has 0 saturated carbocycles. The predicted octanol–water partition coefficient (Wildman–Crippen LogP) is 2.98. The second kappa shape index (κ2) is 5.45. The van der Waals surface area contributed by atoms with E-state index in [9.17, 15) is 8.42 Å². The molecule has 0 atom stereocenters. The van der Waals surface area contributed by atoms with Gasteiger partial charge in [0.2, 0.25) is 0 Å². The highest BCUT2D eigenvalue weighted by atomic mass is 79.9. The van der Waals surface area contributed by atoms with Gasteiger partial charge in [-0.3, -0.25) is 0 Å². The summed E-state index contributed by atoms with van der Waals surface area (Å²) in [4.78, 5) is 0.328. The Morgan fingerprint density at radius 2 is 1.63 bits per heavy atom. The Morgan fingerprint density at radius 1 is 1.05 bits per heavy atom. The fourth-order valence-electron chi connectivity index (χ4n) is 1.79. The number of benzene rings is 2. The molecule has 0 aliphatic heterocycles. The molecular formula is C14H14BrNO2S. The summed E-state index contributed by atoms with van der Waals surface area (Å²) in [7, 11) is -3.15. The van der Waals surface area contributed by atoms with E-state index in [2.05, 4.69) is 15.9 Å². The zero-order chi connectivity index (χ0) is 14.0. The van der Waals surface area contributed by atoms with Gasteiger partial charge in [0.1, 0.15) is 0 Å². The lowest BCUT2D eigenvalue weighted by Gasteiger charge is -2.07. The molecule has 0 aliphatic carbocycles. The molecule has 0 bridgehead atoms. The summed E-state index contributed by atoms with van der Waals surface area (Å²) in [5.74, 6) is 0. The molecule has 2 rings (SSSR count). The van der Waals surface area contributed by atoms with Crippen molar-refractivity contribution >= 4 is 25.8 Å². The van der Waals surface area contributed by atoms with Crippen LogP contribution in [0.15, 0.2) is 51.8 Å². The van der Waals surface area contributed by atoms with Crippen LogP contribution < -0.4 is 5.73 Å². The summed E-state index contributed by atoms with van der Waals surface area (Å²) in [5, 5.41) is 0. The van der Waals surface area contributed by atoms with Gasteiger partial charge < -0.3 is 5.73 Å². The largest absolute Gasteiger partial charge is 0.326 e. The Bertz CT molecular complexity index is 694. The van der Waals surface area contributed by atoms with Crippen LogP contribution in [0.4, 0.5) is 0 Å². The number of halogens is 1. The molecule has 0 aliphatic rings. The van der Waals surface area contributed by atoms with Crippen molar-refractivity contribution in [2.75, 3.05) is 6.26 Å². The summed E-state index contributed by atoms with van der Waals surface area (Å²) in [6.07, 6.45) is 1.20. The minimum absolute atomic E-state index is 0.328. The molecule has 5 heteroatoms. The Kier molecular flexibility index (Phi) is 4.08. The van der Waals surface area contributed by atoms with Gasteiger partial charge >= 0.3 is 0 Å². The molecule has 100 valence electrons. The molecule has 0 heterocycles. The molecule has 2 aromatic rings. The fraction of sp³-hybridized carbons (Fsp3) is 0.143. The SMILES string of the molecule is CS(=O)(=O)c1ccc(-c2ccc(CN)c(Br)c2)cc1. The second-order valence-corrected chi connectivity index (χ2v) is 7.18. The minimum atomic E-state index is -3.15. The topological polar surface area (TPSA) is 60.2 Å². The first-order valence-electron chi connectivity index (χ1n) is 5.71. The highest BCUT2D eigenvalue weighted by Crippen LogP contribution is 2.26. The third-order valence-corrected chi connectivity index (χ3v) is 4.76. The van der Waals surface area contributed by atoms with Crippen LogP contribution in [0.5, 0.6) is 0 Å². The van der Waals surface area contributed by atoms with Gasteiger partial charge in [-0.2, -0.15) is 0 Å². The molecule has 0 fully saturated rings. The summed E-state index contributed by atoms with van der Waals surface area (Å²) >= 11 is 3.47.